The first-order chi connectivity index (χ1) is 9.33. The molecule has 1 aromatic rings. The standard InChI is InChI=1S/C15H21N3O2/c1-10-7-11-9-17-5-6-18(17)13(11)8-12(10)16-14(19)20-15(2,3)4/h7-8H,5-6,9H2,1-4H3,(H,16,19). The molecule has 3 rings (SSSR count). The highest BCUT2D eigenvalue weighted by Crippen LogP contribution is 2.38. The van der Waals surface area contributed by atoms with E-state index in [1.165, 1.54) is 11.3 Å². The molecule has 2 heterocycles. The van der Waals surface area contributed by atoms with Crippen LogP contribution in [0.1, 0.15) is 31.9 Å². The number of nitrogens with zero attached hydrogens (tertiary/aromatic N) is 2. The van der Waals surface area contributed by atoms with Crippen molar-refractivity contribution < 1.29 is 9.53 Å². The fourth-order valence-corrected chi connectivity index (χ4v) is 2.65. The van der Waals surface area contributed by atoms with Crippen molar-refractivity contribution in [3.63, 3.8) is 0 Å². The van der Waals surface area contributed by atoms with Gasteiger partial charge in [0.2, 0.25) is 0 Å². The monoisotopic (exact) mass is 275 g/mol. The number of anilines is 2. The lowest BCUT2D eigenvalue weighted by Crippen LogP contribution is -2.53. The van der Waals surface area contributed by atoms with Crippen molar-refractivity contribution in [2.75, 3.05) is 23.4 Å². The van der Waals surface area contributed by atoms with Gasteiger partial charge in [-0.05, 0) is 44.9 Å². The summed E-state index contributed by atoms with van der Waals surface area (Å²) in [5, 5.41) is 7.42. The number of fused-ring (bicyclic) bond motifs is 3. The second-order valence-corrected chi connectivity index (χ2v) is 6.43. The maximum Gasteiger partial charge on any atom is 0.412 e. The van der Waals surface area contributed by atoms with Gasteiger partial charge in [-0.3, -0.25) is 5.32 Å². The molecular weight excluding hydrogens is 254 g/mol. The molecular formula is C15H21N3O2. The summed E-state index contributed by atoms with van der Waals surface area (Å²) < 4.78 is 5.30. The van der Waals surface area contributed by atoms with Gasteiger partial charge in [0.05, 0.1) is 5.69 Å². The van der Waals surface area contributed by atoms with Crippen LogP contribution in [0.5, 0.6) is 0 Å². The van der Waals surface area contributed by atoms with Gasteiger partial charge in [0.15, 0.2) is 0 Å². The molecule has 0 atom stereocenters. The Morgan fingerprint density at radius 2 is 2.05 bits per heavy atom. The highest BCUT2D eigenvalue weighted by Gasteiger charge is 2.34. The number of amides is 1. The first kappa shape index (κ1) is 13.2. The Bertz CT molecular complexity index is 563. The van der Waals surface area contributed by atoms with Gasteiger partial charge in [-0.1, -0.05) is 6.07 Å². The van der Waals surface area contributed by atoms with E-state index < -0.39 is 11.7 Å². The van der Waals surface area contributed by atoms with Crippen LogP contribution in [0, 0.1) is 6.92 Å². The number of hydrogen-bond acceptors (Lipinski definition) is 4. The Hall–Kier alpha value is -1.75. The molecule has 20 heavy (non-hydrogen) atoms. The number of benzene rings is 1. The molecule has 1 fully saturated rings. The molecule has 0 unspecified atom stereocenters. The quantitative estimate of drug-likeness (QED) is 0.856. The molecule has 0 bridgehead atoms. The molecule has 0 saturated carbocycles. The molecule has 5 heteroatoms. The van der Waals surface area contributed by atoms with Crippen molar-refractivity contribution in [2.24, 2.45) is 0 Å². The van der Waals surface area contributed by atoms with Gasteiger partial charge in [-0.25, -0.2) is 9.80 Å². The highest BCUT2D eigenvalue weighted by molar-refractivity contribution is 5.87. The smallest absolute Gasteiger partial charge is 0.412 e. The molecule has 0 radical (unpaired) electrons. The lowest BCUT2D eigenvalue weighted by atomic mass is 10.1. The number of rotatable bonds is 1. The van der Waals surface area contributed by atoms with Crippen LogP contribution in [0.2, 0.25) is 0 Å². The minimum Gasteiger partial charge on any atom is -0.444 e. The first-order valence-corrected chi connectivity index (χ1v) is 6.99. The van der Waals surface area contributed by atoms with E-state index in [9.17, 15) is 4.79 Å². The average Bonchev–Trinajstić information content (AvgIpc) is 2.48. The minimum absolute atomic E-state index is 0.404. The van der Waals surface area contributed by atoms with E-state index in [0.717, 1.165) is 30.9 Å². The predicted molar refractivity (Wildman–Crippen MR) is 78.8 cm³/mol. The van der Waals surface area contributed by atoms with E-state index in [4.69, 9.17) is 4.74 Å². The molecule has 0 aliphatic carbocycles. The number of ether oxygens (including phenoxy) is 1. The van der Waals surface area contributed by atoms with Crippen molar-refractivity contribution >= 4 is 17.5 Å². The summed E-state index contributed by atoms with van der Waals surface area (Å²) >= 11 is 0. The Balaban J connectivity index is 1.79. The molecule has 0 spiro atoms. The Morgan fingerprint density at radius 1 is 1.30 bits per heavy atom. The third kappa shape index (κ3) is 2.33. The molecule has 2 aliphatic rings. The average molecular weight is 275 g/mol. The first-order valence-electron chi connectivity index (χ1n) is 6.99. The van der Waals surface area contributed by atoms with E-state index in [-0.39, 0.29) is 0 Å². The zero-order valence-electron chi connectivity index (χ0n) is 12.5. The maximum atomic E-state index is 11.9. The van der Waals surface area contributed by atoms with Crippen molar-refractivity contribution in [1.82, 2.24) is 5.01 Å². The van der Waals surface area contributed by atoms with Crippen LogP contribution in [0.4, 0.5) is 16.2 Å². The molecule has 1 amide bonds. The third-order valence-electron chi connectivity index (χ3n) is 3.60. The van der Waals surface area contributed by atoms with Crippen LogP contribution >= 0.6 is 0 Å². The van der Waals surface area contributed by atoms with E-state index in [0.29, 0.717) is 0 Å². The van der Waals surface area contributed by atoms with Gasteiger partial charge in [0.1, 0.15) is 5.60 Å². The van der Waals surface area contributed by atoms with E-state index >= 15 is 0 Å². The molecule has 1 aromatic carbocycles. The van der Waals surface area contributed by atoms with Crippen molar-refractivity contribution in [3.05, 3.63) is 23.3 Å². The van der Waals surface area contributed by atoms with Gasteiger partial charge in [0, 0.05) is 25.3 Å². The van der Waals surface area contributed by atoms with Crippen LogP contribution < -0.4 is 10.3 Å². The number of aryl methyl sites for hydroxylation is 1. The zero-order valence-corrected chi connectivity index (χ0v) is 12.5. The van der Waals surface area contributed by atoms with Crippen LogP contribution in [0.25, 0.3) is 0 Å². The number of carbonyl (C=O) groups excluding carboxylic acids is 1. The fourth-order valence-electron chi connectivity index (χ4n) is 2.65. The van der Waals surface area contributed by atoms with Crippen LogP contribution in [0.3, 0.4) is 0 Å². The minimum atomic E-state index is -0.483. The molecule has 0 aromatic heterocycles. The van der Waals surface area contributed by atoms with Crippen molar-refractivity contribution in [1.29, 1.82) is 0 Å². The molecule has 5 nitrogen and oxygen atoms in total. The summed E-state index contributed by atoms with van der Waals surface area (Å²) in [6.07, 6.45) is -0.404. The predicted octanol–water partition coefficient (Wildman–Crippen LogP) is 2.89. The second-order valence-electron chi connectivity index (χ2n) is 6.43. The molecule has 2 aliphatic heterocycles. The molecule has 1 saturated heterocycles. The van der Waals surface area contributed by atoms with Crippen molar-refractivity contribution in [3.8, 4) is 0 Å². The lowest BCUT2D eigenvalue weighted by molar-refractivity contribution is 0.0636. The van der Waals surface area contributed by atoms with Gasteiger partial charge < -0.3 is 9.75 Å². The van der Waals surface area contributed by atoms with Gasteiger partial charge in [-0.15, -0.1) is 0 Å². The number of carbonyl (C=O) groups is 1. The SMILES string of the molecule is Cc1cc2c(cc1NC(=O)OC(C)(C)C)N1CCN1C2. The summed E-state index contributed by atoms with van der Waals surface area (Å²) in [6.45, 7) is 10.7. The normalized spacial score (nSPS) is 17.3. The largest absolute Gasteiger partial charge is 0.444 e. The van der Waals surface area contributed by atoms with Crippen LogP contribution in [0.15, 0.2) is 12.1 Å². The number of hydrogen-bond donors (Lipinski definition) is 1. The Morgan fingerprint density at radius 3 is 2.65 bits per heavy atom. The summed E-state index contributed by atoms with van der Waals surface area (Å²) in [4.78, 5) is 11.9. The topological polar surface area (TPSA) is 44.8 Å². The summed E-state index contributed by atoms with van der Waals surface area (Å²) in [5.41, 5.74) is 3.94. The summed E-state index contributed by atoms with van der Waals surface area (Å²) in [7, 11) is 0. The Labute approximate surface area is 119 Å². The Kier molecular flexibility index (Phi) is 2.90. The summed E-state index contributed by atoms with van der Waals surface area (Å²) in [5.74, 6) is 0. The van der Waals surface area contributed by atoms with Gasteiger partial charge >= 0.3 is 6.09 Å². The lowest BCUT2D eigenvalue weighted by Gasteiger charge is -2.40. The van der Waals surface area contributed by atoms with Gasteiger partial charge in [0.25, 0.3) is 0 Å². The zero-order chi connectivity index (χ0) is 14.5. The van der Waals surface area contributed by atoms with Crippen LogP contribution in [-0.2, 0) is 11.3 Å². The fraction of sp³-hybridized carbons (Fsp3) is 0.533. The highest BCUT2D eigenvalue weighted by atomic mass is 16.6. The third-order valence-corrected chi connectivity index (χ3v) is 3.60. The van der Waals surface area contributed by atoms with E-state index in [1.807, 2.05) is 33.8 Å². The van der Waals surface area contributed by atoms with E-state index in [1.54, 1.807) is 0 Å². The second kappa shape index (κ2) is 4.38. The van der Waals surface area contributed by atoms with Gasteiger partial charge in [-0.2, -0.15) is 0 Å². The molecule has 108 valence electrons. The van der Waals surface area contributed by atoms with Crippen LogP contribution in [-0.4, -0.2) is 29.8 Å². The maximum absolute atomic E-state index is 11.9. The molecule has 1 N–H and O–H groups in total. The van der Waals surface area contributed by atoms with Crippen molar-refractivity contribution in [2.45, 2.75) is 39.8 Å². The number of hydrazine groups is 1. The van der Waals surface area contributed by atoms with E-state index in [2.05, 4.69) is 21.4 Å². The number of nitrogens with one attached hydrogen (secondary N) is 1. The summed E-state index contributed by atoms with van der Waals surface area (Å²) in [6, 6.07) is 4.20.